The van der Waals surface area contributed by atoms with Crippen LogP contribution in [-0.4, -0.2) is 48.3 Å². The Balaban J connectivity index is 1.39. The van der Waals surface area contributed by atoms with Gasteiger partial charge in [0.15, 0.2) is 0 Å². The van der Waals surface area contributed by atoms with Gasteiger partial charge in [0, 0.05) is 45.3 Å². The molecule has 6 nitrogen and oxygen atoms in total. The summed E-state index contributed by atoms with van der Waals surface area (Å²) >= 11 is 0. The quantitative estimate of drug-likeness (QED) is 0.772. The van der Waals surface area contributed by atoms with E-state index in [0.29, 0.717) is 19.6 Å². The predicted molar refractivity (Wildman–Crippen MR) is 107 cm³/mol. The third-order valence-electron chi connectivity index (χ3n) is 5.71. The molecule has 0 radical (unpaired) electrons. The summed E-state index contributed by atoms with van der Waals surface area (Å²) in [5.74, 6) is 0.507. The van der Waals surface area contributed by atoms with Crippen LogP contribution < -0.4 is 4.90 Å². The van der Waals surface area contributed by atoms with E-state index < -0.39 is 0 Å². The second-order valence-electron chi connectivity index (χ2n) is 7.77. The predicted octanol–water partition coefficient (Wildman–Crippen LogP) is 2.89. The van der Waals surface area contributed by atoms with Crippen molar-refractivity contribution in [3.8, 4) is 0 Å². The molecule has 2 fully saturated rings. The molecule has 2 aliphatic rings. The number of likely N-dealkylation sites (tertiary alicyclic amines) is 1. The highest BCUT2D eigenvalue weighted by Crippen LogP contribution is 2.27. The lowest BCUT2D eigenvalue weighted by Crippen LogP contribution is -2.34. The van der Waals surface area contributed by atoms with Crippen molar-refractivity contribution in [2.45, 2.75) is 32.4 Å². The number of hydrogen-bond donors (Lipinski definition) is 0. The molecule has 0 N–H and O–H groups in total. The first-order valence-corrected chi connectivity index (χ1v) is 10.00. The van der Waals surface area contributed by atoms with E-state index in [4.69, 9.17) is 4.42 Å². The highest BCUT2D eigenvalue weighted by Gasteiger charge is 2.36. The van der Waals surface area contributed by atoms with E-state index in [1.54, 1.807) is 16.1 Å². The van der Waals surface area contributed by atoms with Gasteiger partial charge in [0.1, 0.15) is 5.76 Å². The van der Waals surface area contributed by atoms with Gasteiger partial charge in [-0.15, -0.1) is 0 Å². The summed E-state index contributed by atoms with van der Waals surface area (Å²) in [4.78, 5) is 31.2. The van der Waals surface area contributed by atoms with Gasteiger partial charge < -0.3 is 19.1 Å². The fourth-order valence-corrected chi connectivity index (χ4v) is 4.24. The Morgan fingerprint density at radius 1 is 1.18 bits per heavy atom. The molecule has 2 aliphatic heterocycles. The Hall–Kier alpha value is -2.76. The summed E-state index contributed by atoms with van der Waals surface area (Å²) in [6.07, 6.45) is 4.32. The Labute approximate surface area is 165 Å². The van der Waals surface area contributed by atoms with Crippen LogP contribution in [0.5, 0.6) is 0 Å². The van der Waals surface area contributed by atoms with E-state index in [-0.39, 0.29) is 24.2 Å². The van der Waals surface area contributed by atoms with Gasteiger partial charge >= 0.3 is 0 Å². The molecule has 2 aromatic rings. The smallest absolute Gasteiger partial charge is 0.228 e. The van der Waals surface area contributed by atoms with Crippen LogP contribution in [0.15, 0.2) is 47.1 Å². The number of rotatable bonds is 6. The molecule has 4 rings (SSSR count). The van der Waals surface area contributed by atoms with Gasteiger partial charge in [0.2, 0.25) is 11.8 Å². The summed E-state index contributed by atoms with van der Waals surface area (Å²) in [6, 6.07) is 12.0. The molecular formula is C22H27N3O3. The normalized spacial score (nSPS) is 19.5. The molecule has 3 heterocycles. The molecule has 28 heavy (non-hydrogen) atoms. The van der Waals surface area contributed by atoms with Crippen molar-refractivity contribution < 1.29 is 14.0 Å². The summed E-state index contributed by atoms with van der Waals surface area (Å²) in [5, 5.41) is 0. The number of benzene rings is 1. The van der Waals surface area contributed by atoms with Crippen molar-refractivity contribution in [1.29, 1.82) is 0 Å². The van der Waals surface area contributed by atoms with E-state index in [0.717, 1.165) is 24.4 Å². The lowest BCUT2D eigenvalue weighted by Gasteiger charge is -2.26. The molecule has 1 atom stereocenters. The second kappa shape index (κ2) is 8.09. The number of amides is 2. The van der Waals surface area contributed by atoms with Crippen LogP contribution in [-0.2, 0) is 22.7 Å². The minimum absolute atomic E-state index is 0.0145. The third kappa shape index (κ3) is 3.91. The van der Waals surface area contributed by atoms with E-state index in [2.05, 4.69) is 23.1 Å². The fourth-order valence-electron chi connectivity index (χ4n) is 4.24. The van der Waals surface area contributed by atoms with Crippen LogP contribution in [0.2, 0.25) is 0 Å². The molecule has 1 unspecified atom stereocenters. The van der Waals surface area contributed by atoms with Crippen LogP contribution in [0.25, 0.3) is 0 Å². The lowest BCUT2D eigenvalue weighted by atomic mass is 10.1. The molecule has 0 aliphatic carbocycles. The average molecular weight is 381 g/mol. The van der Waals surface area contributed by atoms with Gasteiger partial charge in [0.05, 0.1) is 18.7 Å². The van der Waals surface area contributed by atoms with E-state index in [1.807, 2.05) is 25.2 Å². The maximum Gasteiger partial charge on any atom is 0.228 e. The maximum absolute atomic E-state index is 13.0. The van der Waals surface area contributed by atoms with Gasteiger partial charge in [-0.05, 0) is 36.6 Å². The van der Waals surface area contributed by atoms with E-state index in [9.17, 15) is 9.59 Å². The largest absolute Gasteiger partial charge is 0.467 e. The summed E-state index contributed by atoms with van der Waals surface area (Å²) in [6.45, 7) is 3.60. The van der Waals surface area contributed by atoms with Crippen molar-refractivity contribution in [2.75, 3.05) is 31.6 Å². The molecule has 1 aromatic heterocycles. The Morgan fingerprint density at radius 2 is 1.96 bits per heavy atom. The molecule has 0 bridgehead atoms. The summed E-state index contributed by atoms with van der Waals surface area (Å²) in [5.41, 5.74) is 2.39. The van der Waals surface area contributed by atoms with Gasteiger partial charge in [-0.1, -0.05) is 18.2 Å². The lowest BCUT2D eigenvalue weighted by molar-refractivity contribution is -0.135. The molecule has 2 saturated heterocycles. The zero-order valence-electron chi connectivity index (χ0n) is 16.3. The number of carbonyl (C=O) groups excluding carboxylic acids is 2. The molecule has 2 amide bonds. The van der Waals surface area contributed by atoms with Crippen LogP contribution in [0, 0.1) is 5.92 Å². The number of nitrogens with zero attached hydrogens (tertiary/aromatic N) is 3. The van der Waals surface area contributed by atoms with Crippen molar-refractivity contribution in [2.24, 2.45) is 5.92 Å². The molecule has 0 saturated carbocycles. The minimum atomic E-state index is -0.286. The number of anilines is 1. The number of para-hydroxylation sites is 1. The zero-order chi connectivity index (χ0) is 19.5. The van der Waals surface area contributed by atoms with Crippen LogP contribution in [0.1, 0.15) is 30.6 Å². The Bertz CT molecular complexity index is 827. The monoisotopic (exact) mass is 381 g/mol. The van der Waals surface area contributed by atoms with Crippen molar-refractivity contribution in [1.82, 2.24) is 9.80 Å². The summed E-state index contributed by atoms with van der Waals surface area (Å²) < 4.78 is 5.33. The molecule has 6 heteroatoms. The fraction of sp³-hybridized carbons (Fsp3) is 0.455. The first-order chi connectivity index (χ1) is 13.6. The van der Waals surface area contributed by atoms with Crippen molar-refractivity contribution in [3.05, 3.63) is 54.0 Å². The van der Waals surface area contributed by atoms with Crippen LogP contribution in [0.3, 0.4) is 0 Å². The third-order valence-corrected chi connectivity index (χ3v) is 5.71. The van der Waals surface area contributed by atoms with E-state index >= 15 is 0 Å². The number of hydrogen-bond acceptors (Lipinski definition) is 4. The van der Waals surface area contributed by atoms with Crippen molar-refractivity contribution >= 4 is 17.5 Å². The van der Waals surface area contributed by atoms with Gasteiger partial charge in [-0.25, -0.2) is 0 Å². The van der Waals surface area contributed by atoms with Gasteiger partial charge in [-0.3, -0.25) is 9.59 Å². The highest BCUT2D eigenvalue weighted by molar-refractivity contribution is 5.89. The SMILES string of the molecule is CN(Cc1ccccc1N1CCCC1)C(=O)C1CC(=O)N(Cc2ccco2)C1. The summed E-state index contributed by atoms with van der Waals surface area (Å²) in [7, 11) is 1.84. The second-order valence-corrected chi connectivity index (χ2v) is 7.77. The van der Waals surface area contributed by atoms with Crippen LogP contribution in [0.4, 0.5) is 5.69 Å². The molecule has 1 aromatic carbocycles. The first-order valence-electron chi connectivity index (χ1n) is 10.00. The van der Waals surface area contributed by atoms with Gasteiger partial charge in [-0.2, -0.15) is 0 Å². The molecular weight excluding hydrogens is 354 g/mol. The number of furan rings is 1. The van der Waals surface area contributed by atoms with Crippen LogP contribution >= 0.6 is 0 Å². The molecule has 148 valence electrons. The van der Waals surface area contributed by atoms with Crippen molar-refractivity contribution in [3.63, 3.8) is 0 Å². The minimum Gasteiger partial charge on any atom is -0.467 e. The first kappa shape index (κ1) is 18.6. The number of carbonyl (C=O) groups is 2. The topological polar surface area (TPSA) is 57.0 Å². The standard InChI is InChI=1S/C22H27N3O3/c1-23(14-17-7-2-3-9-20(17)24-10-4-5-11-24)22(27)18-13-21(26)25(15-18)16-19-8-6-12-28-19/h2-3,6-9,12,18H,4-5,10-11,13-16H2,1H3. The Kier molecular flexibility index (Phi) is 5.37. The van der Waals surface area contributed by atoms with Gasteiger partial charge in [0.25, 0.3) is 0 Å². The zero-order valence-corrected chi connectivity index (χ0v) is 16.3. The Morgan fingerprint density at radius 3 is 2.71 bits per heavy atom. The maximum atomic E-state index is 13.0. The molecule has 0 spiro atoms. The van der Waals surface area contributed by atoms with E-state index in [1.165, 1.54) is 18.5 Å². The average Bonchev–Trinajstić information content (AvgIpc) is 3.45. The highest BCUT2D eigenvalue weighted by atomic mass is 16.3.